The zero-order valence-corrected chi connectivity index (χ0v) is 14.6. The molecule has 0 unspecified atom stereocenters. The van der Waals surface area contributed by atoms with Crippen LogP contribution >= 0.6 is 0 Å². The van der Waals surface area contributed by atoms with E-state index in [1.807, 2.05) is 19.9 Å². The van der Waals surface area contributed by atoms with Crippen molar-refractivity contribution < 1.29 is 22.7 Å². The second-order valence-electron chi connectivity index (χ2n) is 6.65. The van der Waals surface area contributed by atoms with Crippen molar-refractivity contribution in [1.82, 2.24) is 5.32 Å². The Bertz CT molecular complexity index is 799. The number of rotatable bonds is 4. The molecule has 0 radical (unpaired) electrons. The highest BCUT2D eigenvalue weighted by molar-refractivity contribution is 7.91. The molecule has 7 heteroatoms. The number of ketones is 1. The number of hydrogen-bond donors (Lipinski definition) is 1. The van der Waals surface area contributed by atoms with Gasteiger partial charge in [0.15, 0.2) is 22.2 Å². The van der Waals surface area contributed by atoms with Crippen LogP contribution in [0.3, 0.4) is 0 Å². The maximum atomic E-state index is 12.2. The SMILES string of the molecule is Cc1ccc(OCC(=O)N[C@@H]2CCS(=O)(=O)C2)c2c1[C@H](C)CC2=O. The van der Waals surface area contributed by atoms with E-state index in [1.54, 1.807) is 6.07 Å². The molecule has 0 aromatic heterocycles. The number of benzene rings is 1. The van der Waals surface area contributed by atoms with Crippen LogP contribution in [0.1, 0.15) is 47.2 Å². The van der Waals surface area contributed by atoms with Crippen molar-refractivity contribution in [2.45, 2.75) is 38.6 Å². The number of nitrogens with one attached hydrogen (secondary N) is 1. The Morgan fingerprint density at radius 3 is 2.79 bits per heavy atom. The monoisotopic (exact) mass is 351 g/mol. The van der Waals surface area contributed by atoms with Crippen molar-refractivity contribution in [2.75, 3.05) is 18.1 Å². The molecular formula is C17H21NO5S. The molecule has 1 amide bonds. The van der Waals surface area contributed by atoms with Crippen LogP contribution in [0.25, 0.3) is 0 Å². The Morgan fingerprint density at radius 2 is 2.12 bits per heavy atom. The van der Waals surface area contributed by atoms with Crippen LogP contribution in [0.15, 0.2) is 12.1 Å². The van der Waals surface area contributed by atoms with Gasteiger partial charge in [0.25, 0.3) is 5.91 Å². The molecule has 0 saturated carbocycles. The molecule has 6 nitrogen and oxygen atoms in total. The van der Waals surface area contributed by atoms with Gasteiger partial charge in [-0.15, -0.1) is 0 Å². The predicted octanol–water partition coefficient (Wildman–Crippen LogP) is 1.37. The molecule has 2 aliphatic rings. The van der Waals surface area contributed by atoms with E-state index < -0.39 is 9.84 Å². The molecule has 24 heavy (non-hydrogen) atoms. The second kappa shape index (κ2) is 6.20. The second-order valence-corrected chi connectivity index (χ2v) is 8.88. The zero-order valence-electron chi connectivity index (χ0n) is 13.8. The summed E-state index contributed by atoms with van der Waals surface area (Å²) in [6.45, 7) is 3.74. The molecule has 1 N–H and O–H groups in total. The van der Waals surface area contributed by atoms with Crippen LogP contribution in [0, 0.1) is 6.92 Å². The fourth-order valence-electron chi connectivity index (χ4n) is 3.55. The molecule has 3 rings (SSSR count). The maximum absolute atomic E-state index is 12.2. The summed E-state index contributed by atoms with van der Waals surface area (Å²) in [7, 11) is -3.03. The molecule has 1 fully saturated rings. The summed E-state index contributed by atoms with van der Waals surface area (Å²) in [4.78, 5) is 24.2. The zero-order chi connectivity index (χ0) is 17.5. The Morgan fingerprint density at radius 1 is 1.38 bits per heavy atom. The van der Waals surface area contributed by atoms with Crippen molar-refractivity contribution in [3.63, 3.8) is 0 Å². The highest BCUT2D eigenvalue weighted by atomic mass is 32.2. The molecule has 1 aromatic carbocycles. The molecule has 1 aliphatic carbocycles. The van der Waals surface area contributed by atoms with Crippen LogP contribution in [0.2, 0.25) is 0 Å². The van der Waals surface area contributed by atoms with Crippen LogP contribution in [0.5, 0.6) is 5.75 Å². The number of hydrogen-bond acceptors (Lipinski definition) is 5. The van der Waals surface area contributed by atoms with Crippen LogP contribution in [0.4, 0.5) is 0 Å². The third-order valence-corrected chi connectivity index (χ3v) is 6.41. The average Bonchev–Trinajstić information content (AvgIpc) is 2.98. The van der Waals surface area contributed by atoms with Gasteiger partial charge in [-0.05, 0) is 36.5 Å². The molecule has 1 heterocycles. The minimum absolute atomic E-state index is 0.0192. The van der Waals surface area contributed by atoms with E-state index in [0.717, 1.165) is 11.1 Å². The summed E-state index contributed by atoms with van der Waals surface area (Å²) in [5.74, 6) is 0.349. The lowest BCUT2D eigenvalue weighted by Crippen LogP contribution is -2.38. The lowest BCUT2D eigenvalue weighted by Gasteiger charge is -2.14. The van der Waals surface area contributed by atoms with Crippen molar-refractivity contribution in [3.05, 3.63) is 28.8 Å². The molecular weight excluding hydrogens is 330 g/mol. The van der Waals surface area contributed by atoms with Gasteiger partial charge in [-0.2, -0.15) is 0 Å². The molecule has 130 valence electrons. The molecule has 1 aromatic rings. The number of carbonyl (C=O) groups is 2. The average molecular weight is 351 g/mol. The van der Waals surface area contributed by atoms with Crippen molar-refractivity contribution in [2.24, 2.45) is 0 Å². The lowest BCUT2D eigenvalue weighted by molar-refractivity contribution is -0.123. The third kappa shape index (κ3) is 3.31. The molecule has 1 saturated heterocycles. The highest BCUT2D eigenvalue weighted by Gasteiger charge is 2.32. The van der Waals surface area contributed by atoms with E-state index in [-0.39, 0.29) is 41.8 Å². The maximum Gasteiger partial charge on any atom is 0.258 e. The van der Waals surface area contributed by atoms with E-state index in [1.165, 1.54) is 0 Å². The van der Waals surface area contributed by atoms with Crippen LogP contribution in [-0.4, -0.2) is 44.3 Å². The topological polar surface area (TPSA) is 89.5 Å². The number of Topliss-reactive ketones (excluding diaryl/α,β-unsaturated/α-hetero) is 1. The minimum atomic E-state index is -3.03. The largest absolute Gasteiger partial charge is 0.483 e. The standard InChI is InChI=1S/C17H21NO5S/c1-10-3-4-14(17-13(19)7-11(2)16(10)17)23-8-15(20)18-12-5-6-24(21,22)9-12/h3-4,11-12H,5-9H2,1-2H3,(H,18,20)/t11-,12-/m1/s1. The van der Waals surface area contributed by atoms with E-state index in [2.05, 4.69) is 5.32 Å². The quantitative estimate of drug-likeness (QED) is 0.885. The fourth-order valence-corrected chi connectivity index (χ4v) is 5.22. The number of sulfone groups is 1. The number of amides is 1. The Kier molecular flexibility index (Phi) is 4.38. The Hall–Kier alpha value is -1.89. The smallest absolute Gasteiger partial charge is 0.258 e. The summed E-state index contributed by atoms with van der Waals surface area (Å²) < 4.78 is 28.4. The van der Waals surface area contributed by atoms with Gasteiger partial charge in [0.05, 0.1) is 17.1 Å². The van der Waals surface area contributed by atoms with Gasteiger partial charge in [0.2, 0.25) is 0 Å². The molecule has 1 aliphatic heterocycles. The first kappa shape index (κ1) is 17.0. The normalized spacial score (nSPS) is 24.7. The summed E-state index contributed by atoms with van der Waals surface area (Å²) in [5, 5.41) is 2.68. The fraction of sp³-hybridized carbons (Fsp3) is 0.529. The molecule has 2 atom stereocenters. The van der Waals surface area contributed by atoms with Crippen molar-refractivity contribution >= 4 is 21.5 Å². The third-order valence-electron chi connectivity index (χ3n) is 4.64. The van der Waals surface area contributed by atoms with Gasteiger partial charge in [-0.3, -0.25) is 9.59 Å². The van der Waals surface area contributed by atoms with Crippen molar-refractivity contribution in [3.8, 4) is 5.75 Å². The summed E-state index contributed by atoms with van der Waals surface area (Å²) in [5.41, 5.74) is 2.63. The van der Waals surface area contributed by atoms with Gasteiger partial charge in [-0.1, -0.05) is 13.0 Å². The number of ether oxygens (including phenoxy) is 1. The van der Waals surface area contributed by atoms with Gasteiger partial charge in [0, 0.05) is 12.5 Å². The van der Waals surface area contributed by atoms with Gasteiger partial charge in [-0.25, -0.2) is 8.42 Å². The van der Waals surface area contributed by atoms with Crippen molar-refractivity contribution in [1.29, 1.82) is 0 Å². The number of carbonyl (C=O) groups excluding carboxylic acids is 2. The summed E-state index contributed by atoms with van der Waals surface area (Å²) in [6, 6.07) is 3.26. The Labute approximate surface area is 141 Å². The molecule has 0 bridgehead atoms. The first-order valence-electron chi connectivity index (χ1n) is 8.06. The van der Waals surface area contributed by atoms with Crippen LogP contribution in [-0.2, 0) is 14.6 Å². The number of fused-ring (bicyclic) bond motifs is 1. The van der Waals surface area contributed by atoms with E-state index in [4.69, 9.17) is 4.74 Å². The molecule has 0 spiro atoms. The van der Waals surface area contributed by atoms with Gasteiger partial charge >= 0.3 is 0 Å². The van der Waals surface area contributed by atoms with E-state index >= 15 is 0 Å². The first-order chi connectivity index (χ1) is 11.3. The summed E-state index contributed by atoms with van der Waals surface area (Å²) in [6.07, 6.45) is 0.896. The van der Waals surface area contributed by atoms with Crippen LogP contribution < -0.4 is 10.1 Å². The van der Waals surface area contributed by atoms with Gasteiger partial charge in [0.1, 0.15) is 5.75 Å². The first-order valence-corrected chi connectivity index (χ1v) is 9.88. The number of aryl methyl sites for hydroxylation is 1. The van der Waals surface area contributed by atoms with Gasteiger partial charge < -0.3 is 10.1 Å². The lowest BCUT2D eigenvalue weighted by atomic mass is 9.97. The highest BCUT2D eigenvalue weighted by Crippen LogP contribution is 2.40. The van der Waals surface area contributed by atoms with E-state index in [0.29, 0.717) is 24.2 Å². The minimum Gasteiger partial charge on any atom is -0.483 e. The predicted molar refractivity (Wildman–Crippen MR) is 89.2 cm³/mol. The van der Waals surface area contributed by atoms with E-state index in [9.17, 15) is 18.0 Å². The summed E-state index contributed by atoms with van der Waals surface area (Å²) >= 11 is 0. The Balaban J connectivity index is 1.66.